The van der Waals surface area contributed by atoms with Gasteiger partial charge in [-0.1, -0.05) is 6.07 Å². The first-order valence-corrected chi connectivity index (χ1v) is 8.51. The molecule has 1 atom stereocenters. The zero-order valence-corrected chi connectivity index (χ0v) is 14.6. The number of ether oxygens (including phenoxy) is 1. The number of nitriles is 1. The number of aliphatic imine (C=N–C) groups is 1. The number of pyridine rings is 1. The summed E-state index contributed by atoms with van der Waals surface area (Å²) in [5.41, 5.74) is 5.61. The fourth-order valence-electron chi connectivity index (χ4n) is 3.58. The molecule has 142 valence electrons. The second-order valence-corrected chi connectivity index (χ2v) is 6.67. The van der Waals surface area contributed by atoms with Gasteiger partial charge in [-0.05, 0) is 48.2 Å². The van der Waals surface area contributed by atoms with Gasteiger partial charge in [-0.15, -0.1) is 0 Å². The number of nitrogens with zero attached hydrogens (tertiary/aromatic N) is 3. The van der Waals surface area contributed by atoms with Crippen LogP contribution in [0, 0.1) is 11.3 Å². The summed E-state index contributed by atoms with van der Waals surface area (Å²) in [6.07, 6.45) is 1.81. The van der Waals surface area contributed by atoms with Gasteiger partial charge >= 0.3 is 5.92 Å². The van der Waals surface area contributed by atoms with E-state index in [1.54, 1.807) is 12.1 Å². The molecule has 1 aliphatic heterocycles. The van der Waals surface area contributed by atoms with E-state index in [0.29, 0.717) is 23.2 Å². The SMILES string of the molecule is N#Cc1ccc(C(=O)Nc2ccc3c(c2)[C@@]2(CC3)N=C(N)OCC2(F)F)nc1. The number of halogens is 2. The third-order valence-corrected chi connectivity index (χ3v) is 5.00. The van der Waals surface area contributed by atoms with E-state index >= 15 is 0 Å². The summed E-state index contributed by atoms with van der Waals surface area (Å²) in [6.45, 7) is -0.840. The van der Waals surface area contributed by atoms with Crippen LogP contribution in [0.25, 0.3) is 0 Å². The van der Waals surface area contributed by atoms with E-state index in [1.165, 1.54) is 24.4 Å². The number of nitrogens with one attached hydrogen (secondary N) is 1. The molecule has 0 saturated heterocycles. The van der Waals surface area contributed by atoms with Gasteiger partial charge in [0, 0.05) is 11.9 Å². The highest BCUT2D eigenvalue weighted by Crippen LogP contribution is 2.52. The van der Waals surface area contributed by atoms with Gasteiger partial charge < -0.3 is 15.8 Å². The monoisotopic (exact) mass is 383 g/mol. The lowest BCUT2D eigenvalue weighted by Gasteiger charge is -2.37. The number of fused-ring (bicyclic) bond motifs is 2. The van der Waals surface area contributed by atoms with Crippen molar-refractivity contribution >= 4 is 17.6 Å². The molecule has 0 radical (unpaired) electrons. The van der Waals surface area contributed by atoms with Crippen molar-refractivity contribution < 1.29 is 18.3 Å². The standard InChI is InChI=1S/C19H15F2N5O2/c20-19(21)10-28-17(23)26-18(19)6-5-12-2-3-13(7-14(12)18)25-16(27)15-4-1-11(8-22)9-24-15/h1-4,7,9H,5-6,10H2,(H2,23,26)(H,25,27)/t18-/m1/s1. The molecule has 2 aromatic rings. The Morgan fingerprint density at radius 2 is 2.14 bits per heavy atom. The number of carbonyl (C=O) groups is 1. The molecule has 1 aromatic carbocycles. The van der Waals surface area contributed by atoms with Crippen molar-refractivity contribution in [3.8, 4) is 6.07 Å². The average molecular weight is 383 g/mol. The van der Waals surface area contributed by atoms with Crippen LogP contribution in [0.2, 0.25) is 0 Å². The van der Waals surface area contributed by atoms with Crippen molar-refractivity contribution in [1.82, 2.24) is 4.98 Å². The van der Waals surface area contributed by atoms with E-state index in [1.807, 2.05) is 6.07 Å². The van der Waals surface area contributed by atoms with Gasteiger partial charge in [0.05, 0.1) is 5.56 Å². The van der Waals surface area contributed by atoms with Gasteiger partial charge in [0.1, 0.15) is 11.8 Å². The van der Waals surface area contributed by atoms with Gasteiger partial charge in [0.15, 0.2) is 12.1 Å². The summed E-state index contributed by atoms with van der Waals surface area (Å²) >= 11 is 0. The first kappa shape index (κ1) is 17.9. The number of nitrogens with two attached hydrogens (primary N) is 1. The summed E-state index contributed by atoms with van der Waals surface area (Å²) in [7, 11) is 0. The van der Waals surface area contributed by atoms with E-state index in [2.05, 4.69) is 15.3 Å². The number of anilines is 1. The molecule has 0 unspecified atom stereocenters. The third-order valence-electron chi connectivity index (χ3n) is 5.00. The first-order chi connectivity index (χ1) is 13.3. The van der Waals surface area contributed by atoms with Crippen LogP contribution in [0.4, 0.5) is 14.5 Å². The topological polar surface area (TPSA) is 113 Å². The highest BCUT2D eigenvalue weighted by molar-refractivity contribution is 6.03. The highest BCUT2D eigenvalue weighted by atomic mass is 19.3. The largest absolute Gasteiger partial charge is 0.459 e. The lowest BCUT2D eigenvalue weighted by atomic mass is 9.85. The minimum Gasteiger partial charge on any atom is -0.459 e. The lowest BCUT2D eigenvalue weighted by molar-refractivity contribution is -0.121. The number of carbonyl (C=O) groups excluding carboxylic acids is 1. The Balaban J connectivity index is 1.66. The minimum atomic E-state index is -3.22. The molecule has 3 N–H and O–H groups in total. The van der Waals surface area contributed by atoms with Crippen LogP contribution in [0.1, 0.15) is 33.6 Å². The van der Waals surface area contributed by atoms with Crippen molar-refractivity contribution in [3.63, 3.8) is 0 Å². The van der Waals surface area contributed by atoms with Crippen LogP contribution in [-0.4, -0.2) is 29.4 Å². The number of benzene rings is 1. The molecule has 9 heteroatoms. The molecular weight excluding hydrogens is 368 g/mol. The fraction of sp³-hybridized carbons (Fsp3) is 0.263. The Kier molecular flexibility index (Phi) is 4.00. The van der Waals surface area contributed by atoms with Crippen molar-refractivity contribution in [3.05, 3.63) is 58.9 Å². The normalized spacial score (nSPS) is 22.0. The molecule has 0 bridgehead atoms. The number of hydrogen-bond donors (Lipinski definition) is 2. The second kappa shape index (κ2) is 6.27. The summed E-state index contributed by atoms with van der Waals surface area (Å²) in [6, 6.07) is 9.38. The van der Waals surface area contributed by atoms with Crippen LogP contribution >= 0.6 is 0 Å². The Labute approximate surface area is 158 Å². The van der Waals surface area contributed by atoms with Crippen LogP contribution < -0.4 is 11.1 Å². The number of alkyl halides is 2. The van der Waals surface area contributed by atoms with Crippen LogP contribution in [0.3, 0.4) is 0 Å². The Bertz CT molecular complexity index is 1030. The summed E-state index contributed by atoms with van der Waals surface area (Å²) < 4.78 is 34.2. The van der Waals surface area contributed by atoms with Crippen molar-refractivity contribution in [2.45, 2.75) is 24.3 Å². The van der Waals surface area contributed by atoms with E-state index in [-0.39, 0.29) is 18.1 Å². The molecule has 0 fully saturated rings. The molecule has 2 aliphatic rings. The van der Waals surface area contributed by atoms with E-state index in [9.17, 15) is 13.6 Å². The van der Waals surface area contributed by atoms with Gasteiger partial charge in [-0.3, -0.25) is 4.79 Å². The number of amidine groups is 1. The maximum Gasteiger partial charge on any atom is 0.310 e. The predicted octanol–water partition coefficient (Wildman–Crippen LogP) is 2.33. The first-order valence-electron chi connectivity index (χ1n) is 8.51. The lowest BCUT2D eigenvalue weighted by Crippen LogP contribution is -2.51. The molecule has 1 amide bonds. The molecule has 1 aromatic heterocycles. The minimum absolute atomic E-state index is 0.105. The zero-order valence-electron chi connectivity index (χ0n) is 14.6. The average Bonchev–Trinajstić information content (AvgIpc) is 3.05. The quantitative estimate of drug-likeness (QED) is 0.826. The highest BCUT2D eigenvalue weighted by Gasteiger charge is 2.60. The smallest absolute Gasteiger partial charge is 0.310 e. The maximum atomic E-state index is 14.7. The number of rotatable bonds is 2. The molecule has 0 saturated carbocycles. The van der Waals surface area contributed by atoms with E-state index in [4.69, 9.17) is 15.7 Å². The number of amides is 1. The maximum absolute atomic E-state index is 14.7. The van der Waals surface area contributed by atoms with Gasteiger partial charge in [0.25, 0.3) is 11.9 Å². The van der Waals surface area contributed by atoms with Gasteiger partial charge in [-0.25, -0.2) is 9.98 Å². The number of aryl methyl sites for hydroxylation is 1. The Hall–Kier alpha value is -3.54. The van der Waals surface area contributed by atoms with Crippen LogP contribution in [0.15, 0.2) is 41.5 Å². The molecule has 28 heavy (non-hydrogen) atoms. The Morgan fingerprint density at radius 3 is 2.86 bits per heavy atom. The van der Waals surface area contributed by atoms with Crippen molar-refractivity contribution in [2.75, 3.05) is 11.9 Å². The summed E-state index contributed by atoms with van der Waals surface area (Å²) in [5.74, 6) is -3.74. The molecule has 1 spiro atoms. The molecule has 4 rings (SSSR count). The van der Waals surface area contributed by atoms with E-state index < -0.39 is 24.0 Å². The second-order valence-electron chi connectivity index (χ2n) is 6.67. The molecular formula is C19H15F2N5O2. The Morgan fingerprint density at radius 1 is 1.32 bits per heavy atom. The van der Waals surface area contributed by atoms with Crippen molar-refractivity contribution in [2.24, 2.45) is 10.7 Å². The van der Waals surface area contributed by atoms with Gasteiger partial charge in [0.2, 0.25) is 0 Å². The van der Waals surface area contributed by atoms with E-state index in [0.717, 1.165) is 5.56 Å². The fourth-order valence-corrected chi connectivity index (χ4v) is 3.58. The zero-order chi connectivity index (χ0) is 19.9. The molecule has 7 nitrogen and oxygen atoms in total. The number of hydrogen-bond acceptors (Lipinski definition) is 6. The van der Waals surface area contributed by atoms with Crippen LogP contribution in [0.5, 0.6) is 0 Å². The predicted molar refractivity (Wildman–Crippen MR) is 95.9 cm³/mol. The molecule has 1 aliphatic carbocycles. The van der Waals surface area contributed by atoms with Gasteiger partial charge in [-0.2, -0.15) is 14.0 Å². The van der Waals surface area contributed by atoms with Crippen LogP contribution in [-0.2, 0) is 16.7 Å². The van der Waals surface area contributed by atoms with Crippen molar-refractivity contribution in [1.29, 1.82) is 5.26 Å². The third kappa shape index (κ3) is 2.74. The number of aromatic nitrogens is 1. The summed E-state index contributed by atoms with van der Waals surface area (Å²) in [4.78, 5) is 20.3. The molecule has 2 heterocycles. The summed E-state index contributed by atoms with van der Waals surface area (Å²) in [5, 5.41) is 11.4.